The molecular weight excluding hydrogens is 334 g/mol. The monoisotopic (exact) mass is 349 g/mol. The van der Waals surface area contributed by atoms with E-state index in [1.807, 2.05) is 6.07 Å². The number of nitrogens with one attached hydrogen (secondary N) is 2. The molecule has 0 saturated carbocycles. The van der Waals surface area contributed by atoms with Crippen LogP contribution in [0.15, 0.2) is 55.1 Å². The number of amides is 2. The van der Waals surface area contributed by atoms with Crippen LogP contribution in [0.5, 0.6) is 0 Å². The molecule has 1 aromatic carbocycles. The lowest BCUT2D eigenvalue weighted by Gasteiger charge is -2.05. The van der Waals surface area contributed by atoms with Gasteiger partial charge in [0.1, 0.15) is 6.33 Å². The fourth-order valence-electron chi connectivity index (χ4n) is 2.18. The number of pyridine rings is 1. The smallest absolute Gasteiger partial charge is 0.252 e. The van der Waals surface area contributed by atoms with Gasteiger partial charge in [0.05, 0.1) is 11.3 Å². The Labute approximate surface area is 148 Å². The molecule has 3 rings (SSSR count). The van der Waals surface area contributed by atoms with Crippen molar-refractivity contribution in [2.24, 2.45) is 0 Å². The summed E-state index contributed by atoms with van der Waals surface area (Å²) in [5, 5.41) is 16.2. The van der Waals surface area contributed by atoms with Crippen LogP contribution in [0.3, 0.4) is 0 Å². The molecule has 0 aliphatic carbocycles. The van der Waals surface area contributed by atoms with Gasteiger partial charge in [0.2, 0.25) is 5.91 Å². The van der Waals surface area contributed by atoms with Crippen LogP contribution in [-0.2, 0) is 4.79 Å². The Bertz CT molecular complexity index is 951. The Balaban J connectivity index is 1.68. The predicted molar refractivity (Wildman–Crippen MR) is 94.4 cm³/mol. The zero-order chi connectivity index (χ0) is 18.4. The third kappa shape index (κ3) is 4.15. The average Bonchev–Trinajstić information content (AvgIpc) is 3.21. The molecule has 0 spiro atoms. The van der Waals surface area contributed by atoms with Crippen molar-refractivity contribution in [3.8, 4) is 5.69 Å². The first-order valence-electron chi connectivity index (χ1n) is 7.65. The van der Waals surface area contributed by atoms with Crippen LogP contribution in [0.25, 0.3) is 11.8 Å². The van der Waals surface area contributed by atoms with E-state index in [-0.39, 0.29) is 11.8 Å². The third-order valence-corrected chi connectivity index (χ3v) is 3.40. The van der Waals surface area contributed by atoms with Gasteiger partial charge in [-0.05, 0) is 46.3 Å². The standard InChI is InChI=1S/C17H15N7O2/c1-18-17(26)13-7-12(9-19-10-13)5-6-16(25)21-14-3-2-4-15(8-14)24-11-20-22-23-24/h2-11H,1H3,(H,18,26)(H,21,25)/b6-5+. The highest BCUT2D eigenvalue weighted by Gasteiger charge is 2.04. The number of carbonyl (C=O) groups is 2. The van der Waals surface area contributed by atoms with E-state index in [4.69, 9.17) is 0 Å². The molecule has 130 valence electrons. The number of nitrogens with zero attached hydrogens (tertiary/aromatic N) is 5. The predicted octanol–water partition coefficient (Wildman–Crippen LogP) is 1.07. The second-order valence-corrected chi connectivity index (χ2v) is 5.21. The number of hydrogen-bond donors (Lipinski definition) is 2. The van der Waals surface area contributed by atoms with Gasteiger partial charge in [0.15, 0.2) is 0 Å². The van der Waals surface area contributed by atoms with Gasteiger partial charge in [-0.1, -0.05) is 6.07 Å². The summed E-state index contributed by atoms with van der Waals surface area (Å²) in [6, 6.07) is 8.75. The fourth-order valence-corrected chi connectivity index (χ4v) is 2.18. The van der Waals surface area contributed by atoms with Gasteiger partial charge < -0.3 is 10.6 Å². The molecule has 2 aromatic heterocycles. The Kier molecular flexibility index (Phi) is 5.08. The highest BCUT2D eigenvalue weighted by atomic mass is 16.2. The van der Waals surface area contributed by atoms with Crippen molar-refractivity contribution >= 4 is 23.6 Å². The van der Waals surface area contributed by atoms with Crippen molar-refractivity contribution < 1.29 is 9.59 Å². The number of rotatable bonds is 5. The lowest BCUT2D eigenvalue weighted by atomic mass is 10.2. The number of carbonyl (C=O) groups excluding carboxylic acids is 2. The SMILES string of the molecule is CNC(=O)c1cncc(/C=C/C(=O)Nc2cccc(-n3cnnn3)c2)c1. The maximum absolute atomic E-state index is 12.1. The summed E-state index contributed by atoms with van der Waals surface area (Å²) in [5.41, 5.74) is 2.39. The van der Waals surface area contributed by atoms with Crippen molar-refractivity contribution in [2.45, 2.75) is 0 Å². The van der Waals surface area contributed by atoms with Crippen LogP contribution in [-0.4, -0.2) is 44.1 Å². The topological polar surface area (TPSA) is 115 Å². The van der Waals surface area contributed by atoms with Gasteiger partial charge in [0, 0.05) is 31.2 Å². The van der Waals surface area contributed by atoms with Gasteiger partial charge in [-0.3, -0.25) is 14.6 Å². The summed E-state index contributed by atoms with van der Waals surface area (Å²) in [4.78, 5) is 27.7. The van der Waals surface area contributed by atoms with Gasteiger partial charge >= 0.3 is 0 Å². The van der Waals surface area contributed by atoms with Crippen LogP contribution in [0, 0.1) is 0 Å². The molecule has 0 aliphatic rings. The Hall–Kier alpha value is -3.88. The van der Waals surface area contributed by atoms with E-state index in [1.165, 1.54) is 23.3 Å². The molecule has 2 amide bonds. The van der Waals surface area contributed by atoms with E-state index in [0.717, 1.165) is 5.69 Å². The molecule has 0 aliphatic heterocycles. The third-order valence-electron chi connectivity index (χ3n) is 3.40. The van der Waals surface area contributed by atoms with Crippen molar-refractivity contribution in [1.29, 1.82) is 0 Å². The molecule has 3 aromatic rings. The molecule has 9 nitrogen and oxygen atoms in total. The highest BCUT2D eigenvalue weighted by Crippen LogP contribution is 2.13. The molecule has 9 heteroatoms. The number of anilines is 1. The molecule has 0 unspecified atom stereocenters. The molecule has 26 heavy (non-hydrogen) atoms. The summed E-state index contributed by atoms with van der Waals surface area (Å²) in [7, 11) is 1.54. The van der Waals surface area contributed by atoms with Gasteiger partial charge in [-0.15, -0.1) is 5.10 Å². The molecule has 2 N–H and O–H groups in total. The Morgan fingerprint density at radius 2 is 2.08 bits per heavy atom. The van der Waals surface area contributed by atoms with Crippen LogP contribution >= 0.6 is 0 Å². The number of benzene rings is 1. The maximum atomic E-state index is 12.1. The van der Waals surface area contributed by atoms with Crippen LogP contribution in [0.2, 0.25) is 0 Å². The van der Waals surface area contributed by atoms with Crippen molar-refractivity contribution in [2.75, 3.05) is 12.4 Å². The van der Waals surface area contributed by atoms with Crippen LogP contribution in [0.1, 0.15) is 15.9 Å². The fraction of sp³-hybridized carbons (Fsp3) is 0.0588. The molecule has 2 heterocycles. The highest BCUT2D eigenvalue weighted by molar-refractivity contribution is 6.02. The van der Waals surface area contributed by atoms with E-state index in [1.54, 1.807) is 43.6 Å². The summed E-state index contributed by atoms with van der Waals surface area (Å²) in [5.74, 6) is -0.555. The second kappa shape index (κ2) is 7.79. The first kappa shape index (κ1) is 17.0. The van der Waals surface area contributed by atoms with Crippen molar-refractivity contribution in [1.82, 2.24) is 30.5 Å². The first-order valence-corrected chi connectivity index (χ1v) is 7.65. The molecular formula is C17H15N7O2. The van der Waals surface area contributed by atoms with Crippen molar-refractivity contribution in [3.63, 3.8) is 0 Å². The molecule has 0 atom stereocenters. The summed E-state index contributed by atoms with van der Waals surface area (Å²) in [6.07, 6.45) is 7.44. The van der Waals surface area contributed by atoms with Gasteiger partial charge in [-0.25, -0.2) is 4.68 Å². The quantitative estimate of drug-likeness (QED) is 0.666. The second-order valence-electron chi connectivity index (χ2n) is 5.21. The van der Waals surface area contributed by atoms with Crippen LogP contribution in [0.4, 0.5) is 5.69 Å². The minimum absolute atomic E-state index is 0.239. The van der Waals surface area contributed by atoms with Gasteiger partial charge in [-0.2, -0.15) is 0 Å². The molecule has 0 saturated heterocycles. The largest absolute Gasteiger partial charge is 0.355 e. The van der Waals surface area contributed by atoms with E-state index in [9.17, 15) is 9.59 Å². The van der Waals surface area contributed by atoms with Crippen LogP contribution < -0.4 is 10.6 Å². The number of aromatic nitrogens is 5. The van der Waals surface area contributed by atoms with E-state index in [2.05, 4.69) is 31.1 Å². The van der Waals surface area contributed by atoms with Gasteiger partial charge in [0.25, 0.3) is 5.91 Å². The summed E-state index contributed by atoms with van der Waals surface area (Å²) < 4.78 is 1.49. The zero-order valence-electron chi connectivity index (χ0n) is 13.8. The van der Waals surface area contributed by atoms with E-state index in [0.29, 0.717) is 16.8 Å². The lowest BCUT2D eigenvalue weighted by molar-refractivity contribution is -0.111. The minimum atomic E-state index is -0.316. The minimum Gasteiger partial charge on any atom is -0.355 e. The zero-order valence-corrected chi connectivity index (χ0v) is 13.8. The number of tetrazole rings is 1. The van der Waals surface area contributed by atoms with E-state index >= 15 is 0 Å². The molecule has 0 radical (unpaired) electrons. The Morgan fingerprint density at radius 3 is 2.85 bits per heavy atom. The lowest BCUT2D eigenvalue weighted by Crippen LogP contribution is -2.17. The van der Waals surface area contributed by atoms with E-state index < -0.39 is 0 Å². The molecule has 0 fully saturated rings. The van der Waals surface area contributed by atoms with Crippen molar-refractivity contribution in [3.05, 3.63) is 66.3 Å². The summed E-state index contributed by atoms with van der Waals surface area (Å²) >= 11 is 0. The normalized spacial score (nSPS) is 10.7. The average molecular weight is 349 g/mol. The maximum Gasteiger partial charge on any atom is 0.252 e. The molecule has 0 bridgehead atoms. The summed E-state index contributed by atoms with van der Waals surface area (Å²) in [6.45, 7) is 0. The number of hydrogen-bond acceptors (Lipinski definition) is 6. The first-order chi connectivity index (χ1) is 12.7. The Morgan fingerprint density at radius 1 is 1.19 bits per heavy atom.